The Kier molecular flexibility index (Phi) is 4.36. The average Bonchev–Trinajstić information content (AvgIpc) is 3.05. The van der Waals surface area contributed by atoms with Gasteiger partial charge in [0.1, 0.15) is 17.0 Å². The van der Waals surface area contributed by atoms with Crippen LogP contribution in [0, 0.1) is 24.1 Å². The molecule has 0 saturated heterocycles. The molecule has 0 unspecified atom stereocenters. The smallest absolute Gasteiger partial charge is 0.277 e. The molecule has 128 valence electrons. The van der Waals surface area contributed by atoms with Gasteiger partial charge in [0.2, 0.25) is 5.43 Å². The topological polar surface area (TPSA) is 87.8 Å². The highest BCUT2D eigenvalue weighted by molar-refractivity contribution is 5.92. The Balaban J connectivity index is 2.01. The van der Waals surface area contributed by atoms with Crippen molar-refractivity contribution in [2.24, 2.45) is 0 Å². The maximum atomic E-state index is 14.0. The molecular weight excluding hydrogens is 323 g/mol. The molecular formula is C18H17FN4O2. The summed E-state index contributed by atoms with van der Waals surface area (Å²) in [5.41, 5.74) is -1.32. The second kappa shape index (κ2) is 6.48. The summed E-state index contributed by atoms with van der Waals surface area (Å²) in [6, 6.07) is 9.34. The number of aryl methyl sites for hydroxylation is 1. The first-order chi connectivity index (χ1) is 12.0. The summed E-state index contributed by atoms with van der Waals surface area (Å²) in [5.74, 6) is -1.23. The molecule has 1 saturated carbocycles. The maximum absolute atomic E-state index is 14.0. The first-order valence-electron chi connectivity index (χ1n) is 8.05. The number of hydrogen-bond donors (Lipinski definition) is 1. The summed E-state index contributed by atoms with van der Waals surface area (Å²) in [6.07, 6.45) is 2.77. The third-order valence-corrected chi connectivity index (χ3v) is 4.43. The van der Waals surface area contributed by atoms with Crippen LogP contribution in [-0.2, 0) is 0 Å². The van der Waals surface area contributed by atoms with Gasteiger partial charge < -0.3 is 5.32 Å². The first kappa shape index (κ1) is 16.8. The van der Waals surface area contributed by atoms with E-state index in [9.17, 15) is 19.2 Å². The summed E-state index contributed by atoms with van der Waals surface area (Å²) in [4.78, 5) is 24.7. The lowest BCUT2D eigenvalue weighted by molar-refractivity contribution is 0.0912. The van der Waals surface area contributed by atoms with E-state index in [2.05, 4.69) is 16.5 Å². The van der Waals surface area contributed by atoms with Crippen LogP contribution in [-0.4, -0.2) is 21.2 Å². The standard InChI is InChI=1S/C18H17FN4O2/c1-12-10-15(24)16(17(25)21-18(11-20)8-4-5-9-18)22-23(12)14-7-3-2-6-13(14)19/h2-3,6-7,10H,4-5,8-9H2,1H3,(H,21,25). The van der Waals surface area contributed by atoms with Crippen LogP contribution >= 0.6 is 0 Å². The molecule has 3 rings (SSSR count). The lowest BCUT2D eigenvalue weighted by atomic mass is 9.99. The maximum Gasteiger partial charge on any atom is 0.277 e. The van der Waals surface area contributed by atoms with Gasteiger partial charge in [-0.05, 0) is 44.7 Å². The molecule has 1 N–H and O–H groups in total. The second-order valence-corrected chi connectivity index (χ2v) is 6.22. The Morgan fingerprint density at radius 3 is 2.68 bits per heavy atom. The number of amides is 1. The predicted octanol–water partition coefficient (Wildman–Crippen LogP) is 2.25. The Labute approximate surface area is 143 Å². The fraction of sp³-hybridized carbons (Fsp3) is 0.333. The van der Waals surface area contributed by atoms with Crippen LogP contribution in [0.15, 0.2) is 35.1 Å². The molecule has 1 aromatic heterocycles. The van der Waals surface area contributed by atoms with Gasteiger partial charge >= 0.3 is 0 Å². The van der Waals surface area contributed by atoms with Crippen LogP contribution in [0.5, 0.6) is 0 Å². The lowest BCUT2D eigenvalue weighted by Crippen LogP contribution is -2.47. The largest absolute Gasteiger partial charge is 0.332 e. The number of carbonyl (C=O) groups excluding carboxylic acids is 1. The number of nitriles is 1. The van der Waals surface area contributed by atoms with Crippen LogP contribution < -0.4 is 10.7 Å². The van der Waals surface area contributed by atoms with Crippen molar-refractivity contribution in [3.63, 3.8) is 0 Å². The number of rotatable bonds is 3. The quantitative estimate of drug-likeness (QED) is 0.928. The molecule has 6 nitrogen and oxygen atoms in total. The highest BCUT2D eigenvalue weighted by Crippen LogP contribution is 2.29. The SMILES string of the molecule is Cc1cc(=O)c(C(=O)NC2(C#N)CCCC2)nn1-c1ccccc1F. The first-order valence-corrected chi connectivity index (χ1v) is 8.05. The van der Waals surface area contributed by atoms with Gasteiger partial charge in [-0.3, -0.25) is 9.59 Å². The van der Waals surface area contributed by atoms with Crippen molar-refractivity contribution < 1.29 is 9.18 Å². The molecule has 7 heteroatoms. The number of nitrogens with one attached hydrogen (secondary N) is 1. The number of carbonyl (C=O) groups is 1. The number of hydrogen-bond acceptors (Lipinski definition) is 4. The lowest BCUT2D eigenvalue weighted by Gasteiger charge is -2.21. The average molecular weight is 340 g/mol. The zero-order valence-electron chi connectivity index (χ0n) is 13.8. The zero-order valence-corrected chi connectivity index (χ0v) is 13.8. The van der Waals surface area contributed by atoms with Crippen LogP contribution in [0.1, 0.15) is 41.9 Å². The van der Waals surface area contributed by atoms with E-state index < -0.39 is 22.7 Å². The van der Waals surface area contributed by atoms with Crippen molar-refractivity contribution in [1.29, 1.82) is 5.26 Å². The minimum atomic E-state index is -0.959. The number of aromatic nitrogens is 2. The van der Waals surface area contributed by atoms with E-state index in [0.717, 1.165) is 12.8 Å². The van der Waals surface area contributed by atoms with Gasteiger partial charge in [0.05, 0.1) is 6.07 Å². The van der Waals surface area contributed by atoms with Crippen LogP contribution in [0.4, 0.5) is 4.39 Å². The molecule has 1 amide bonds. The summed E-state index contributed by atoms with van der Waals surface area (Å²) in [7, 11) is 0. The second-order valence-electron chi connectivity index (χ2n) is 6.22. The molecule has 25 heavy (non-hydrogen) atoms. The molecule has 0 spiro atoms. The van der Waals surface area contributed by atoms with Gasteiger partial charge in [0.25, 0.3) is 5.91 Å². The minimum absolute atomic E-state index is 0.143. The van der Waals surface area contributed by atoms with Crippen molar-refractivity contribution >= 4 is 5.91 Å². The van der Waals surface area contributed by atoms with Gasteiger partial charge in [0, 0.05) is 11.8 Å². The van der Waals surface area contributed by atoms with Gasteiger partial charge in [-0.2, -0.15) is 10.4 Å². The third-order valence-electron chi connectivity index (χ3n) is 4.43. The molecule has 0 atom stereocenters. The molecule has 0 bridgehead atoms. The zero-order chi connectivity index (χ0) is 18.0. The monoisotopic (exact) mass is 340 g/mol. The van der Waals surface area contributed by atoms with Crippen molar-refractivity contribution in [2.75, 3.05) is 0 Å². The van der Waals surface area contributed by atoms with E-state index >= 15 is 0 Å². The van der Waals surface area contributed by atoms with E-state index in [1.807, 2.05) is 0 Å². The van der Waals surface area contributed by atoms with Crippen LogP contribution in [0.3, 0.4) is 0 Å². The van der Waals surface area contributed by atoms with Gasteiger partial charge in [-0.25, -0.2) is 9.07 Å². The molecule has 2 aromatic rings. The number of benzene rings is 1. The number of para-hydroxylation sites is 1. The predicted molar refractivity (Wildman–Crippen MR) is 88.8 cm³/mol. The van der Waals surface area contributed by atoms with Gasteiger partial charge in [-0.15, -0.1) is 0 Å². The number of nitrogens with zero attached hydrogens (tertiary/aromatic N) is 3. The van der Waals surface area contributed by atoms with Gasteiger partial charge in [0.15, 0.2) is 5.69 Å². The summed E-state index contributed by atoms with van der Waals surface area (Å²) in [6.45, 7) is 1.61. The molecule has 1 fully saturated rings. The van der Waals surface area contributed by atoms with E-state index in [1.165, 1.54) is 22.9 Å². The van der Waals surface area contributed by atoms with Crippen LogP contribution in [0.25, 0.3) is 5.69 Å². The van der Waals surface area contributed by atoms with Crippen molar-refractivity contribution in [3.05, 3.63) is 57.8 Å². The fourth-order valence-electron chi connectivity index (χ4n) is 3.09. The summed E-state index contributed by atoms with van der Waals surface area (Å²) >= 11 is 0. The van der Waals surface area contributed by atoms with Crippen molar-refractivity contribution in [1.82, 2.24) is 15.1 Å². The van der Waals surface area contributed by atoms with Crippen LogP contribution in [0.2, 0.25) is 0 Å². The summed E-state index contributed by atoms with van der Waals surface area (Å²) < 4.78 is 15.3. The van der Waals surface area contributed by atoms with Crippen molar-refractivity contribution in [2.45, 2.75) is 38.1 Å². The third kappa shape index (κ3) is 3.15. The molecule has 1 heterocycles. The normalized spacial score (nSPS) is 15.6. The molecule has 0 aliphatic heterocycles. The molecule has 1 aliphatic rings. The highest BCUT2D eigenvalue weighted by atomic mass is 19.1. The Bertz CT molecular complexity index is 923. The molecule has 0 radical (unpaired) electrons. The minimum Gasteiger partial charge on any atom is -0.332 e. The van der Waals surface area contributed by atoms with E-state index in [1.54, 1.807) is 19.1 Å². The molecule has 1 aliphatic carbocycles. The Morgan fingerprint density at radius 2 is 2.04 bits per heavy atom. The summed E-state index contributed by atoms with van der Waals surface area (Å²) in [5, 5.41) is 16.1. The van der Waals surface area contributed by atoms with E-state index in [4.69, 9.17) is 0 Å². The number of halogens is 1. The fourth-order valence-corrected chi connectivity index (χ4v) is 3.09. The van der Waals surface area contributed by atoms with Crippen molar-refractivity contribution in [3.8, 4) is 11.8 Å². The highest BCUT2D eigenvalue weighted by Gasteiger charge is 2.36. The molecule has 1 aromatic carbocycles. The Hall–Kier alpha value is -3.01. The Morgan fingerprint density at radius 1 is 1.36 bits per heavy atom. The van der Waals surface area contributed by atoms with E-state index in [-0.39, 0.29) is 11.4 Å². The van der Waals surface area contributed by atoms with Gasteiger partial charge in [-0.1, -0.05) is 12.1 Å². The van der Waals surface area contributed by atoms with E-state index in [0.29, 0.717) is 18.5 Å².